The fraction of sp³-hybridized carbons (Fsp3) is 0.759. The van der Waals surface area contributed by atoms with Gasteiger partial charge in [-0.25, -0.2) is 0 Å². The summed E-state index contributed by atoms with van der Waals surface area (Å²) in [5.74, 6) is 0.512. The van der Waals surface area contributed by atoms with E-state index in [-0.39, 0.29) is 5.97 Å². The second kappa shape index (κ2) is 18.3. The monoisotopic (exact) mass is 430 g/mol. The fourth-order valence-electron chi connectivity index (χ4n) is 4.38. The minimum Gasteiger partial charge on any atom is -0.465 e. The predicted molar refractivity (Wildman–Crippen MR) is 135 cm³/mol. The molecule has 0 aliphatic carbocycles. The molecule has 31 heavy (non-hydrogen) atoms. The van der Waals surface area contributed by atoms with Crippen LogP contribution in [-0.2, 0) is 16.0 Å². The van der Waals surface area contributed by atoms with Gasteiger partial charge in [0.15, 0.2) is 0 Å². The number of esters is 1. The molecule has 0 aliphatic heterocycles. The van der Waals surface area contributed by atoms with Gasteiger partial charge in [-0.3, -0.25) is 4.79 Å². The molecule has 0 saturated carbocycles. The zero-order valence-corrected chi connectivity index (χ0v) is 21.1. The van der Waals surface area contributed by atoms with Crippen molar-refractivity contribution in [2.24, 2.45) is 5.92 Å². The van der Waals surface area contributed by atoms with E-state index in [1.165, 1.54) is 107 Å². The average Bonchev–Trinajstić information content (AvgIpc) is 2.75. The van der Waals surface area contributed by atoms with Gasteiger partial charge >= 0.3 is 5.97 Å². The number of hydrogen-bond acceptors (Lipinski definition) is 2. The lowest BCUT2D eigenvalue weighted by Crippen LogP contribution is -2.15. The van der Waals surface area contributed by atoms with E-state index in [1.54, 1.807) is 0 Å². The summed E-state index contributed by atoms with van der Waals surface area (Å²) < 4.78 is 5.74. The first-order valence-electron chi connectivity index (χ1n) is 13.3. The zero-order chi connectivity index (χ0) is 22.7. The summed E-state index contributed by atoms with van der Waals surface area (Å²) in [7, 11) is 0. The fourth-order valence-corrected chi connectivity index (χ4v) is 4.38. The number of unbranched alkanes of at least 4 members (excludes halogenated alkanes) is 10. The van der Waals surface area contributed by atoms with Crippen LogP contribution in [0.4, 0.5) is 0 Å². The Bertz CT molecular complexity index is 578. The van der Waals surface area contributed by atoms with Gasteiger partial charge in [0, 0.05) is 6.42 Å². The van der Waals surface area contributed by atoms with E-state index < -0.39 is 0 Å². The molecule has 1 unspecified atom stereocenters. The minimum absolute atomic E-state index is 0.0319. The van der Waals surface area contributed by atoms with Gasteiger partial charge < -0.3 is 4.74 Å². The van der Waals surface area contributed by atoms with Crippen LogP contribution in [0.5, 0.6) is 0 Å². The molecule has 1 aromatic carbocycles. The summed E-state index contributed by atoms with van der Waals surface area (Å²) in [6.45, 7) is 9.40. The molecule has 0 aromatic heterocycles. The number of ether oxygens (including phenoxy) is 1. The number of rotatable bonds is 19. The van der Waals surface area contributed by atoms with Crippen molar-refractivity contribution in [1.82, 2.24) is 0 Å². The second-order valence-electron chi connectivity index (χ2n) is 9.59. The molecule has 0 fully saturated rings. The molecular formula is C29H50O2. The van der Waals surface area contributed by atoms with Crippen LogP contribution in [0.15, 0.2) is 18.2 Å². The first kappa shape index (κ1) is 27.7. The summed E-state index contributed by atoms with van der Waals surface area (Å²) in [6, 6.07) is 6.47. The standard InChI is InChI=1S/C29H50O2/c1-5-7-9-11-12-14-16-18-27(17-15-13-10-8-6-2)24-31-29(30)22-21-28-20-19-25(3)23-26(28)4/h19-20,23,27H,5-18,21-22,24H2,1-4H3. The molecule has 0 amide bonds. The molecular weight excluding hydrogens is 380 g/mol. The number of aryl methyl sites for hydroxylation is 3. The topological polar surface area (TPSA) is 26.3 Å². The Balaban J connectivity index is 2.33. The molecule has 0 heterocycles. The molecule has 0 bridgehead atoms. The van der Waals surface area contributed by atoms with E-state index in [2.05, 4.69) is 45.9 Å². The third kappa shape index (κ3) is 14.4. The van der Waals surface area contributed by atoms with Crippen molar-refractivity contribution in [3.63, 3.8) is 0 Å². The maximum absolute atomic E-state index is 12.4. The number of carbonyl (C=O) groups is 1. The molecule has 0 radical (unpaired) electrons. The Labute approximate surface area is 193 Å². The second-order valence-corrected chi connectivity index (χ2v) is 9.59. The van der Waals surface area contributed by atoms with E-state index in [4.69, 9.17) is 4.74 Å². The molecule has 1 atom stereocenters. The van der Waals surface area contributed by atoms with Gasteiger partial charge in [0.1, 0.15) is 0 Å². The van der Waals surface area contributed by atoms with Gasteiger partial charge in [-0.1, -0.05) is 115 Å². The number of benzene rings is 1. The summed E-state index contributed by atoms with van der Waals surface area (Å²) >= 11 is 0. The SMILES string of the molecule is CCCCCCCCCC(CCCCCCC)COC(=O)CCc1ccc(C)cc1C. The van der Waals surface area contributed by atoms with E-state index >= 15 is 0 Å². The summed E-state index contributed by atoms with van der Waals surface area (Å²) in [5.41, 5.74) is 3.81. The molecule has 0 spiro atoms. The van der Waals surface area contributed by atoms with Gasteiger partial charge in [-0.15, -0.1) is 0 Å². The van der Waals surface area contributed by atoms with Crippen LogP contribution in [-0.4, -0.2) is 12.6 Å². The van der Waals surface area contributed by atoms with Crippen LogP contribution in [0.1, 0.15) is 127 Å². The van der Waals surface area contributed by atoms with Crippen LogP contribution < -0.4 is 0 Å². The van der Waals surface area contributed by atoms with E-state index in [9.17, 15) is 4.79 Å². The van der Waals surface area contributed by atoms with Crippen LogP contribution in [0.25, 0.3) is 0 Å². The third-order valence-electron chi connectivity index (χ3n) is 6.51. The highest BCUT2D eigenvalue weighted by molar-refractivity contribution is 5.69. The maximum atomic E-state index is 12.4. The quantitative estimate of drug-likeness (QED) is 0.162. The largest absolute Gasteiger partial charge is 0.465 e. The minimum atomic E-state index is -0.0319. The lowest BCUT2D eigenvalue weighted by atomic mass is 9.94. The predicted octanol–water partition coefficient (Wildman–Crippen LogP) is 8.90. The molecule has 178 valence electrons. The van der Waals surface area contributed by atoms with Crippen molar-refractivity contribution in [2.75, 3.05) is 6.61 Å². The lowest BCUT2D eigenvalue weighted by Gasteiger charge is -2.17. The molecule has 2 nitrogen and oxygen atoms in total. The molecule has 1 rings (SSSR count). The van der Waals surface area contributed by atoms with Crippen molar-refractivity contribution >= 4 is 5.97 Å². The Morgan fingerprint density at radius 2 is 1.35 bits per heavy atom. The molecule has 0 saturated heterocycles. The highest BCUT2D eigenvalue weighted by Crippen LogP contribution is 2.20. The Morgan fingerprint density at radius 1 is 0.806 bits per heavy atom. The summed E-state index contributed by atoms with van der Waals surface area (Å²) in [4.78, 5) is 12.4. The van der Waals surface area contributed by atoms with Gasteiger partial charge in [-0.05, 0) is 50.2 Å². The molecule has 0 aliphatic rings. The van der Waals surface area contributed by atoms with Crippen LogP contribution in [0, 0.1) is 19.8 Å². The maximum Gasteiger partial charge on any atom is 0.306 e. The molecule has 0 N–H and O–H groups in total. The van der Waals surface area contributed by atoms with Crippen molar-refractivity contribution < 1.29 is 9.53 Å². The van der Waals surface area contributed by atoms with Gasteiger partial charge in [-0.2, -0.15) is 0 Å². The number of hydrogen-bond donors (Lipinski definition) is 0. The normalized spacial score (nSPS) is 12.1. The van der Waals surface area contributed by atoms with Gasteiger partial charge in [0.25, 0.3) is 0 Å². The van der Waals surface area contributed by atoms with Crippen LogP contribution in [0.2, 0.25) is 0 Å². The highest BCUT2D eigenvalue weighted by Gasteiger charge is 2.13. The first-order chi connectivity index (χ1) is 15.1. The summed E-state index contributed by atoms with van der Waals surface area (Å²) in [5, 5.41) is 0. The van der Waals surface area contributed by atoms with Crippen LogP contribution in [0.3, 0.4) is 0 Å². The van der Waals surface area contributed by atoms with Crippen molar-refractivity contribution in [2.45, 2.75) is 130 Å². The third-order valence-corrected chi connectivity index (χ3v) is 6.51. The molecule has 1 aromatic rings. The van der Waals surface area contributed by atoms with Crippen LogP contribution >= 0.6 is 0 Å². The smallest absolute Gasteiger partial charge is 0.306 e. The van der Waals surface area contributed by atoms with E-state index in [0.29, 0.717) is 18.9 Å². The first-order valence-corrected chi connectivity index (χ1v) is 13.3. The van der Waals surface area contributed by atoms with E-state index in [0.717, 1.165) is 6.42 Å². The highest BCUT2D eigenvalue weighted by atomic mass is 16.5. The average molecular weight is 431 g/mol. The molecule has 2 heteroatoms. The Kier molecular flexibility index (Phi) is 16.3. The van der Waals surface area contributed by atoms with Crippen molar-refractivity contribution in [3.05, 3.63) is 34.9 Å². The van der Waals surface area contributed by atoms with Gasteiger partial charge in [0.05, 0.1) is 6.61 Å². The summed E-state index contributed by atoms with van der Waals surface area (Å²) in [6.07, 6.45) is 19.7. The zero-order valence-electron chi connectivity index (χ0n) is 21.1. The Hall–Kier alpha value is -1.31. The van der Waals surface area contributed by atoms with Gasteiger partial charge in [0.2, 0.25) is 0 Å². The van der Waals surface area contributed by atoms with Crippen molar-refractivity contribution in [1.29, 1.82) is 0 Å². The number of carbonyl (C=O) groups excluding carboxylic acids is 1. The van der Waals surface area contributed by atoms with E-state index in [1.807, 2.05) is 0 Å². The Morgan fingerprint density at radius 3 is 1.90 bits per heavy atom. The van der Waals surface area contributed by atoms with Crippen molar-refractivity contribution in [3.8, 4) is 0 Å². The lowest BCUT2D eigenvalue weighted by molar-refractivity contribution is -0.145.